The summed E-state index contributed by atoms with van der Waals surface area (Å²) in [7, 11) is 1.59. The van der Waals surface area contributed by atoms with Crippen molar-refractivity contribution in [3.05, 3.63) is 51.4 Å². The number of rotatable bonds is 7. The summed E-state index contributed by atoms with van der Waals surface area (Å²) in [5.74, 6) is 0.461. The maximum Gasteiger partial charge on any atom is 0.259 e. The first-order chi connectivity index (χ1) is 10.5. The van der Waals surface area contributed by atoms with Crippen molar-refractivity contribution >= 4 is 17.7 Å². The minimum Gasteiger partial charge on any atom is -0.496 e. The normalized spacial score (nSPS) is 12.2. The number of allylic oxidation sites excluding steroid dienone is 3. The summed E-state index contributed by atoms with van der Waals surface area (Å²) >= 11 is 1.56. The maximum atomic E-state index is 12.5. The second-order valence-electron chi connectivity index (χ2n) is 4.82. The van der Waals surface area contributed by atoms with Crippen LogP contribution >= 0.6 is 11.8 Å². The van der Waals surface area contributed by atoms with E-state index in [4.69, 9.17) is 4.74 Å². The largest absolute Gasteiger partial charge is 0.496 e. The van der Waals surface area contributed by atoms with Gasteiger partial charge in [-0.25, -0.2) is 0 Å². The van der Waals surface area contributed by atoms with Crippen molar-refractivity contribution in [2.45, 2.75) is 40.5 Å². The Hall–Kier alpha value is -1.68. The predicted molar refractivity (Wildman–Crippen MR) is 95.2 cm³/mol. The Balaban J connectivity index is 2.90. The lowest BCUT2D eigenvalue weighted by Crippen LogP contribution is -2.22. The fraction of sp³-hybridized carbons (Fsp3) is 0.389. The van der Waals surface area contributed by atoms with Gasteiger partial charge in [0.25, 0.3) is 5.91 Å². The molecule has 0 spiro atoms. The van der Waals surface area contributed by atoms with E-state index in [-0.39, 0.29) is 5.91 Å². The number of ether oxygens (including phenoxy) is 1. The summed E-state index contributed by atoms with van der Waals surface area (Å²) in [4.78, 5) is 13.6. The smallest absolute Gasteiger partial charge is 0.259 e. The van der Waals surface area contributed by atoms with Crippen LogP contribution in [0.5, 0.6) is 5.75 Å². The van der Waals surface area contributed by atoms with Crippen LogP contribution in [0, 0.1) is 0 Å². The summed E-state index contributed by atoms with van der Waals surface area (Å²) in [6.07, 6.45) is 5.94. The third kappa shape index (κ3) is 5.26. The summed E-state index contributed by atoms with van der Waals surface area (Å²) in [5, 5.41) is 3.78. The highest BCUT2D eigenvalue weighted by atomic mass is 32.2. The average molecular weight is 319 g/mol. The van der Waals surface area contributed by atoms with E-state index in [1.807, 2.05) is 38.1 Å². The Morgan fingerprint density at radius 2 is 2.09 bits per heavy atom. The van der Waals surface area contributed by atoms with E-state index in [1.165, 1.54) is 4.91 Å². The molecule has 0 aliphatic heterocycles. The lowest BCUT2D eigenvalue weighted by Gasteiger charge is -2.12. The molecule has 0 aliphatic carbocycles. The van der Waals surface area contributed by atoms with E-state index in [9.17, 15) is 4.79 Å². The zero-order valence-electron chi connectivity index (χ0n) is 14.0. The Morgan fingerprint density at radius 1 is 1.36 bits per heavy atom. The fourth-order valence-corrected chi connectivity index (χ4v) is 2.84. The van der Waals surface area contributed by atoms with Crippen LogP contribution in [-0.4, -0.2) is 13.0 Å². The van der Waals surface area contributed by atoms with E-state index in [0.717, 1.165) is 23.4 Å². The topological polar surface area (TPSA) is 38.3 Å². The van der Waals surface area contributed by atoms with Crippen molar-refractivity contribution in [1.82, 2.24) is 5.32 Å². The molecule has 1 aromatic carbocycles. The van der Waals surface area contributed by atoms with Gasteiger partial charge in [0.15, 0.2) is 0 Å². The van der Waals surface area contributed by atoms with Crippen LogP contribution in [0.1, 0.15) is 50.0 Å². The van der Waals surface area contributed by atoms with Crippen molar-refractivity contribution in [3.8, 4) is 5.75 Å². The molecule has 0 bridgehead atoms. The lowest BCUT2D eigenvalue weighted by atomic mass is 10.1. The van der Waals surface area contributed by atoms with Gasteiger partial charge in [-0.2, -0.15) is 0 Å². The quantitative estimate of drug-likeness (QED) is 0.777. The minimum absolute atomic E-state index is 0.149. The van der Waals surface area contributed by atoms with Gasteiger partial charge in [0.2, 0.25) is 0 Å². The van der Waals surface area contributed by atoms with Crippen LogP contribution in [0.2, 0.25) is 0 Å². The number of benzene rings is 1. The number of carbonyl (C=O) groups excluding carboxylic acids is 1. The van der Waals surface area contributed by atoms with Crippen LogP contribution in [-0.2, 0) is 6.42 Å². The number of hydrogen-bond donors (Lipinski definition) is 1. The van der Waals surface area contributed by atoms with Crippen LogP contribution in [0.3, 0.4) is 0 Å². The van der Waals surface area contributed by atoms with E-state index < -0.39 is 0 Å². The first kappa shape index (κ1) is 18.4. The highest BCUT2D eigenvalue weighted by Gasteiger charge is 2.14. The van der Waals surface area contributed by atoms with Gasteiger partial charge in [0.05, 0.1) is 17.7 Å². The highest BCUT2D eigenvalue weighted by Crippen LogP contribution is 2.25. The van der Waals surface area contributed by atoms with E-state index >= 15 is 0 Å². The van der Waals surface area contributed by atoms with Crippen molar-refractivity contribution in [3.63, 3.8) is 0 Å². The third-order valence-corrected chi connectivity index (χ3v) is 4.23. The number of aryl methyl sites for hydroxylation is 1. The van der Waals surface area contributed by atoms with Crippen LogP contribution in [0.4, 0.5) is 0 Å². The number of hydrogen-bond acceptors (Lipinski definition) is 3. The van der Waals surface area contributed by atoms with Gasteiger partial charge in [0.1, 0.15) is 5.75 Å². The molecule has 0 radical (unpaired) electrons. The number of thioether (sulfide) groups is 1. The van der Waals surface area contributed by atoms with Crippen molar-refractivity contribution < 1.29 is 9.53 Å². The van der Waals surface area contributed by atoms with E-state index in [1.54, 1.807) is 18.9 Å². The number of methoxy groups -OCH3 is 1. The number of nitrogens with one attached hydrogen (secondary N) is 1. The van der Waals surface area contributed by atoms with Gasteiger partial charge in [-0.1, -0.05) is 43.8 Å². The molecule has 1 rings (SSSR count). The van der Waals surface area contributed by atoms with E-state index in [2.05, 4.69) is 25.2 Å². The van der Waals surface area contributed by atoms with Crippen LogP contribution < -0.4 is 10.1 Å². The van der Waals surface area contributed by atoms with Crippen LogP contribution in [0.15, 0.2) is 40.3 Å². The predicted octanol–water partition coefficient (Wildman–Crippen LogP) is 4.90. The Kier molecular flexibility index (Phi) is 7.82. The van der Waals surface area contributed by atoms with Crippen molar-refractivity contribution in [2.24, 2.45) is 0 Å². The SMILES string of the molecule is C/C=C(/NC(=O)c1ccc(CC)cc1OC)S/C(C)=C\CC. The Morgan fingerprint density at radius 3 is 2.64 bits per heavy atom. The summed E-state index contributed by atoms with van der Waals surface area (Å²) in [5.41, 5.74) is 1.70. The molecule has 120 valence electrons. The minimum atomic E-state index is -0.149. The molecule has 4 heteroatoms. The maximum absolute atomic E-state index is 12.5. The molecule has 0 unspecified atom stereocenters. The molecule has 1 aromatic rings. The molecular formula is C18H25NO2S. The molecule has 0 aromatic heterocycles. The van der Waals surface area contributed by atoms with Gasteiger partial charge in [-0.05, 0) is 49.3 Å². The van der Waals surface area contributed by atoms with Gasteiger partial charge in [-0.15, -0.1) is 0 Å². The molecule has 0 aliphatic rings. The fourth-order valence-electron chi connectivity index (χ4n) is 1.98. The number of carbonyl (C=O) groups is 1. The Labute approximate surface area is 137 Å². The molecule has 0 fully saturated rings. The molecule has 1 amide bonds. The molecular weight excluding hydrogens is 294 g/mol. The van der Waals surface area contributed by atoms with Crippen molar-refractivity contribution in [1.29, 1.82) is 0 Å². The second kappa shape index (κ2) is 9.36. The summed E-state index contributed by atoms with van der Waals surface area (Å²) in [6.45, 7) is 8.13. The number of amides is 1. The zero-order chi connectivity index (χ0) is 16.5. The summed E-state index contributed by atoms with van der Waals surface area (Å²) < 4.78 is 5.35. The standard InChI is InChI=1S/C18H25NO2S/c1-6-9-13(4)22-17(8-3)19-18(20)15-11-10-14(7-2)12-16(15)21-5/h8-12H,6-7H2,1-5H3,(H,19,20)/b13-9-,17-8-. The summed E-state index contributed by atoms with van der Waals surface area (Å²) in [6, 6.07) is 5.70. The Bertz CT molecular complexity index is 576. The van der Waals surface area contributed by atoms with Gasteiger partial charge in [0, 0.05) is 0 Å². The second-order valence-corrected chi connectivity index (χ2v) is 6.11. The monoisotopic (exact) mass is 319 g/mol. The molecule has 22 heavy (non-hydrogen) atoms. The molecule has 0 saturated carbocycles. The van der Waals surface area contributed by atoms with Gasteiger partial charge >= 0.3 is 0 Å². The van der Waals surface area contributed by atoms with Gasteiger partial charge in [-0.3, -0.25) is 4.79 Å². The van der Waals surface area contributed by atoms with E-state index in [0.29, 0.717) is 11.3 Å². The van der Waals surface area contributed by atoms with Gasteiger partial charge < -0.3 is 10.1 Å². The first-order valence-electron chi connectivity index (χ1n) is 7.54. The first-order valence-corrected chi connectivity index (χ1v) is 8.36. The molecule has 0 atom stereocenters. The molecule has 0 heterocycles. The zero-order valence-corrected chi connectivity index (χ0v) is 14.8. The highest BCUT2D eigenvalue weighted by molar-refractivity contribution is 8.06. The molecule has 3 nitrogen and oxygen atoms in total. The third-order valence-electron chi connectivity index (χ3n) is 3.18. The lowest BCUT2D eigenvalue weighted by molar-refractivity contribution is 0.0966. The van der Waals surface area contributed by atoms with Crippen molar-refractivity contribution in [2.75, 3.05) is 7.11 Å². The molecule has 1 N–H and O–H groups in total. The van der Waals surface area contributed by atoms with Crippen LogP contribution in [0.25, 0.3) is 0 Å². The molecule has 0 saturated heterocycles. The average Bonchev–Trinajstić information content (AvgIpc) is 2.53.